The van der Waals surface area contributed by atoms with Gasteiger partial charge in [-0.2, -0.15) is 5.10 Å². The van der Waals surface area contributed by atoms with Gasteiger partial charge in [0.1, 0.15) is 5.82 Å². The average molecular weight is 395 g/mol. The first-order valence-electron chi connectivity index (χ1n) is 9.83. The molecule has 0 atom stereocenters. The Balaban J connectivity index is 1.61. The predicted octanol–water partition coefficient (Wildman–Crippen LogP) is 3.57. The molecule has 6 nitrogen and oxygen atoms in total. The molecule has 0 bridgehead atoms. The number of carbonyl (C=O) groups excluding carboxylic acids is 1. The number of hydrogen-bond acceptors (Lipinski definition) is 4. The van der Waals surface area contributed by atoms with Crippen LogP contribution < -0.4 is 10.6 Å². The molecule has 1 saturated heterocycles. The third-order valence-corrected chi connectivity index (χ3v) is 5.26. The van der Waals surface area contributed by atoms with Gasteiger partial charge in [-0.05, 0) is 70.9 Å². The summed E-state index contributed by atoms with van der Waals surface area (Å²) < 4.78 is 14.9. The Bertz CT molecular complexity index is 1040. The van der Waals surface area contributed by atoms with Crippen LogP contribution in [0.15, 0.2) is 42.6 Å². The number of aromatic nitrogens is 3. The molecule has 3 aromatic rings. The highest BCUT2D eigenvalue weighted by molar-refractivity contribution is 5.93. The maximum absolute atomic E-state index is 13.3. The van der Waals surface area contributed by atoms with Crippen LogP contribution in [0.4, 0.5) is 4.39 Å². The van der Waals surface area contributed by atoms with Gasteiger partial charge in [-0.3, -0.25) is 4.79 Å². The fraction of sp³-hybridized carbons (Fsp3) is 0.409. The minimum Gasteiger partial charge on any atom is -0.348 e. The summed E-state index contributed by atoms with van der Waals surface area (Å²) in [7, 11) is 0. The van der Waals surface area contributed by atoms with E-state index in [2.05, 4.69) is 48.4 Å². The van der Waals surface area contributed by atoms with Crippen LogP contribution in [0.3, 0.4) is 0 Å². The molecule has 1 aromatic carbocycles. The van der Waals surface area contributed by atoms with Gasteiger partial charge in [0.2, 0.25) is 0 Å². The van der Waals surface area contributed by atoms with E-state index in [0.29, 0.717) is 11.3 Å². The fourth-order valence-electron chi connectivity index (χ4n) is 4.53. The molecule has 0 aliphatic carbocycles. The highest BCUT2D eigenvalue weighted by Gasteiger charge is 2.38. The van der Waals surface area contributed by atoms with Crippen LogP contribution in [-0.2, 0) is 0 Å². The first kappa shape index (κ1) is 19.5. The third kappa shape index (κ3) is 4.15. The SMILES string of the molecule is CC1(C)CC(NC(=O)c2cc3nccc(-c4ccc(F)cc4)n3n2)CC(C)(C)N1. The second kappa shape index (κ2) is 6.91. The van der Waals surface area contributed by atoms with Crippen LogP contribution in [0, 0.1) is 5.82 Å². The van der Waals surface area contributed by atoms with Gasteiger partial charge in [-0.15, -0.1) is 0 Å². The lowest BCUT2D eigenvalue weighted by atomic mass is 9.79. The van der Waals surface area contributed by atoms with Crippen LogP contribution in [0.5, 0.6) is 0 Å². The molecule has 0 radical (unpaired) electrons. The van der Waals surface area contributed by atoms with Crippen LogP contribution in [-0.4, -0.2) is 37.6 Å². The lowest BCUT2D eigenvalue weighted by Crippen LogP contribution is -2.62. The first-order chi connectivity index (χ1) is 13.6. The van der Waals surface area contributed by atoms with Gasteiger partial charge in [0.25, 0.3) is 5.91 Å². The van der Waals surface area contributed by atoms with E-state index in [0.717, 1.165) is 24.1 Å². The zero-order valence-corrected chi connectivity index (χ0v) is 17.2. The molecule has 1 aliphatic rings. The molecule has 0 unspecified atom stereocenters. The lowest BCUT2D eigenvalue weighted by Gasteiger charge is -2.46. The zero-order valence-electron chi connectivity index (χ0n) is 17.2. The molecular formula is C22H26FN5O. The van der Waals surface area contributed by atoms with Crippen molar-refractivity contribution in [2.45, 2.75) is 57.7 Å². The van der Waals surface area contributed by atoms with Crippen molar-refractivity contribution in [1.82, 2.24) is 25.2 Å². The van der Waals surface area contributed by atoms with E-state index in [9.17, 15) is 9.18 Å². The maximum atomic E-state index is 13.3. The van der Waals surface area contributed by atoms with Crippen molar-refractivity contribution in [2.75, 3.05) is 0 Å². The van der Waals surface area contributed by atoms with E-state index in [4.69, 9.17) is 0 Å². The Morgan fingerprint density at radius 3 is 2.45 bits per heavy atom. The second-order valence-electron chi connectivity index (χ2n) is 9.11. The van der Waals surface area contributed by atoms with E-state index in [1.807, 2.05) is 0 Å². The largest absolute Gasteiger partial charge is 0.348 e. The minimum absolute atomic E-state index is 0.0584. The predicted molar refractivity (Wildman–Crippen MR) is 110 cm³/mol. The van der Waals surface area contributed by atoms with Crippen LogP contribution >= 0.6 is 0 Å². The molecule has 1 amide bonds. The zero-order chi connectivity index (χ0) is 20.8. The Morgan fingerprint density at radius 1 is 1.14 bits per heavy atom. The van der Waals surface area contributed by atoms with E-state index < -0.39 is 0 Å². The van der Waals surface area contributed by atoms with Gasteiger partial charge in [0.15, 0.2) is 11.3 Å². The van der Waals surface area contributed by atoms with Crippen molar-refractivity contribution in [1.29, 1.82) is 0 Å². The molecule has 0 saturated carbocycles. The van der Waals surface area contributed by atoms with E-state index >= 15 is 0 Å². The molecule has 2 aromatic heterocycles. The number of nitrogens with one attached hydrogen (secondary N) is 2. The number of fused-ring (bicyclic) bond motifs is 1. The molecule has 2 N–H and O–H groups in total. The summed E-state index contributed by atoms with van der Waals surface area (Å²) >= 11 is 0. The molecule has 1 fully saturated rings. The van der Waals surface area contributed by atoms with Gasteiger partial charge in [-0.1, -0.05) is 0 Å². The highest BCUT2D eigenvalue weighted by atomic mass is 19.1. The van der Waals surface area contributed by atoms with Crippen molar-refractivity contribution in [3.8, 4) is 11.3 Å². The molecule has 7 heteroatoms. The topological polar surface area (TPSA) is 71.3 Å². The van der Waals surface area contributed by atoms with E-state index in [-0.39, 0.29) is 28.8 Å². The quantitative estimate of drug-likeness (QED) is 0.711. The van der Waals surface area contributed by atoms with E-state index in [1.54, 1.807) is 35.0 Å². The average Bonchev–Trinajstić information content (AvgIpc) is 3.04. The number of benzene rings is 1. The minimum atomic E-state index is -0.299. The van der Waals surface area contributed by atoms with Gasteiger partial charge in [-0.25, -0.2) is 13.9 Å². The summed E-state index contributed by atoms with van der Waals surface area (Å²) in [6, 6.07) is 9.71. The highest BCUT2D eigenvalue weighted by Crippen LogP contribution is 2.28. The normalized spacial score (nSPS) is 18.7. The monoisotopic (exact) mass is 395 g/mol. The number of rotatable bonds is 3. The van der Waals surface area contributed by atoms with Gasteiger partial charge in [0, 0.05) is 34.9 Å². The number of amides is 1. The summed E-state index contributed by atoms with van der Waals surface area (Å²) in [4.78, 5) is 17.2. The standard InChI is InChI=1S/C22H26FN5O/c1-21(2)12-16(13-22(3,4)27-21)25-20(29)17-11-19-24-10-9-18(28(19)26-17)14-5-7-15(23)8-6-14/h5-11,16,27H,12-13H2,1-4H3,(H,25,29). The summed E-state index contributed by atoms with van der Waals surface area (Å²) in [5, 5.41) is 11.2. The van der Waals surface area contributed by atoms with Gasteiger partial charge >= 0.3 is 0 Å². The second-order valence-corrected chi connectivity index (χ2v) is 9.11. The summed E-state index contributed by atoms with van der Waals surface area (Å²) in [5.41, 5.74) is 2.32. The molecule has 29 heavy (non-hydrogen) atoms. The molecular weight excluding hydrogens is 369 g/mol. The van der Waals surface area contributed by atoms with Crippen molar-refractivity contribution in [3.63, 3.8) is 0 Å². The third-order valence-electron chi connectivity index (χ3n) is 5.26. The first-order valence-corrected chi connectivity index (χ1v) is 9.83. The van der Waals surface area contributed by atoms with Gasteiger partial charge in [0.05, 0.1) is 5.69 Å². The number of piperidine rings is 1. The summed E-state index contributed by atoms with van der Waals surface area (Å²) in [6.45, 7) is 8.60. The smallest absolute Gasteiger partial charge is 0.272 e. The Hall–Kier alpha value is -2.80. The number of carbonyl (C=O) groups is 1. The van der Waals surface area contributed by atoms with Crippen molar-refractivity contribution < 1.29 is 9.18 Å². The molecule has 4 rings (SSSR count). The molecule has 3 heterocycles. The van der Waals surface area contributed by atoms with Crippen molar-refractivity contribution in [3.05, 3.63) is 54.1 Å². The molecule has 152 valence electrons. The summed E-state index contributed by atoms with van der Waals surface area (Å²) in [6.07, 6.45) is 3.35. The van der Waals surface area contributed by atoms with Gasteiger partial charge < -0.3 is 10.6 Å². The summed E-state index contributed by atoms with van der Waals surface area (Å²) in [5.74, 6) is -0.508. The van der Waals surface area contributed by atoms with Crippen molar-refractivity contribution in [2.24, 2.45) is 0 Å². The van der Waals surface area contributed by atoms with Crippen LogP contribution in [0.2, 0.25) is 0 Å². The van der Waals surface area contributed by atoms with Crippen LogP contribution in [0.25, 0.3) is 16.9 Å². The Labute approximate surface area is 169 Å². The molecule has 1 aliphatic heterocycles. The van der Waals surface area contributed by atoms with Crippen LogP contribution in [0.1, 0.15) is 51.0 Å². The number of nitrogens with zero attached hydrogens (tertiary/aromatic N) is 3. The van der Waals surface area contributed by atoms with Crippen molar-refractivity contribution >= 4 is 11.6 Å². The number of halogens is 1. The lowest BCUT2D eigenvalue weighted by molar-refractivity contribution is 0.0868. The maximum Gasteiger partial charge on any atom is 0.272 e. The Kier molecular flexibility index (Phi) is 4.65. The Morgan fingerprint density at radius 2 is 1.79 bits per heavy atom. The van der Waals surface area contributed by atoms with E-state index in [1.165, 1.54) is 12.1 Å². The number of hydrogen-bond donors (Lipinski definition) is 2. The molecule has 0 spiro atoms. The fourth-order valence-corrected chi connectivity index (χ4v) is 4.53.